The van der Waals surface area contributed by atoms with E-state index in [2.05, 4.69) is 5.32 Å². The summed E-state index contributed by atoms with van der Waals surface area (Å²) in [4.78, 5) is 13.0. The minimum Gasteiger partial charge on any atom is -0.486 e. The van der Waals surface area contributed by atoms with Crippen LogP contribution in [-0.2, 0) is 4.79 Å². The van der Waals surface area contributed by atoms with Gasteiger partial charge in [0.05, 0.1) is 5.02 Å². The van der Waals surface area contributed by atoms with Crippen LogP contribution in [0.5, 0.6) is 11.5 Å². The first kappa shape index (κ1) is 16.0. The Bertz CT molecular complexity index is 708. The van der Waals surface area contributed by atoms with Crippen LogP contribution in [-0.4, -0.2) is 24.9 Å². The smallest absolute Gasteiger partial charge is 0.225 e. The van der Waals surface area contributed by atoms with Crippen molar-refractivity contribution in [2.24, 2.45) is 0 Å². The van der Waals surface area contributed by atoms with Crippen molar-refractivity contribution in [3.8, 4) is 11.5 Å². The van der Waals surface area contributed by atoms with E-state index in [1.165, 1.54) is 0 Å². The molecule has 0 aliphatic carbocycles. The van der Waals surface area contributed by atoms with Crippen LogP contribution in [0.15, 0.2) is 47.4 Å². The molecule has 0 atom stereocenters. The molecule has 2 aromatic carbocycles. The summed E-state index contributed by atoms with van der Waals surface area (Å²) in [5, 5.41) is 3.58. The van der Waals surface area contributed by atoms with Crippen molar-refractivity contribution in [2.75, 3.05) is 24.3 Å². The number of amides is 1. The van der Waals surface area contributed by atoms with Crippen LogP contribution in [0.4, 0.5) is 5.69 Å². The second-order valence-electron chi connectivity index (χ2n) is 4.94. The fourth-order valence-electron chi connectivity index (χ4n) is 2.16. The number of rotatable bonds is 5. The van der Waals surface area contributed by atoms with Gasteiger partial charge in [0.1, 0.15) is 13.2 Å². The van der Waals surface area contributed by atoms with Gasteiger partial charge in [-0.1, -0.05) is 23.7 Å². The Morgan fingerprint density at radius 3 is 2.74 bits per heavy atom. The summed E-state index contributed by atoms with van der Waals surface area (Å²) in [7, 11) is 0. The Labute approximate surface area is 144 Å². The minimum atomic E-state index is -0.0405. The number of hydrogen-bond acceptors (Lipinski definition) is 4. The number of anilines is 1. The molecule has 1 aliphatic rings. The van der Waals surface area contributed by atoms with E-state index in [4.69, 9.17) is 21.1 Å². The van der Waals surface area contributed by atoms with Crippen molar-refractivity contribution >= 4 is 35.0 Å². The molecule has 120 valence electrons. The van der Waals surface area contributed by atoms with Gasteiger partial charge >= 0.3 is 0 Å². The number of hydrogen-bond donors (Lipinski definition) is 1. The number of benzene rings is 2. The van der Waals surface area contributed by atoms with Gasteiger partial charge in [0.25, 0.3) is 0 Å². The molecule has 0 radical (unpaired) electrons. The predicted octanol–water partition coefficient (Wildman–Crippen LogP) is 4.23. The van der Waals surface area contributed by atoms with Crippen molar-refractivity contribution < 1.29 is 14.3 Å². The summed E-state index contributed by atoms with van der Waals surface area (Å²) in [5.41, 5.74) is 0.710. The SMILES string of the molecule is O=C(CCSc1ccccc1Cl)Nc1ccc2c(c1)OCCO2. The van der Waals surface area contributed by atoms with E-state index in [0.29, 0.717) is 47.6 Å². The van der Waals surface area contributed by atoms with Crippen LogP contribution >= 0.6 is 23.4 Å². The Morgan fingerprint density at radius 1 is 1.13 bits per heavy atom. The third-order valence-corrected chi connectivity index (χ3v) is 4.77. The fraction of sp³-hybridized carbons (Fsp3) is 0.235. The molecule has 1 amide bonds. The normalized spacial score (nSPS) is 12.7. The van der Waals surface area contributed by atoms with E-state index < -0.39 is 0 Å². The lowest BCUT2D eigenvalue weighted by Gasteiger charge is -2.19. The molecule has 0 aromatic heterocycles. The average molecular weight is 350 g/mol. The highest BCUT2D eigenvalue weighted by Crippen LogP contribution is 2.32. The molecule has 0 bridgehead atoms. The van der Waals surface area contributed by atoms with E-state index >= 15 is 0 Å². The van der Waals surface area contributed by atoms with Crippen molar-refractivity contribution in [1.82, 2.24) is 0 Å². The van der Waals surface area contributed by atoms with Gasteiger partial charge in [0.2, 0.25) is 5.91 Å². The topological polar surface area (TPSA) is 47.6 Å². The van der Waals surface area contributed by atoms with E-state index in [1.54, 1.807) is 17.8 Å². The van der Waals surface area contributed by atoms with Crippen molar-refractivity contribution in [1.29, 1.82) is 0 Å². The number of thioether (sulfide) groups is 1. The number of halogens is 1. The van der Waals surface area contributed by atoms with Gasteiger partial charge in [-0.15, -0.1) is 11.8 Å². The van der Waals surface area contributed by atoms with Gasteiger partial charge in [0, 0.05) is 28.8 Å². The Morgan fingerprint density at radius 2 is 1.91 bits per heavy atom. The van der Waals surface area contributed by atoms with E-state index in [9.17, 15) is 4.79 Å². The molecular weight excluding hydrogens is 334 g/mol. The van der Waals surface area contributed by atoms with E-state index in [-0.39, 0.29) is 5.91 Å². The molecule has 0 spiro atoms. The maximum absolute atomic E-state index is 12.0. The molecule has 1 heterocycles. The summed E-state index contributed by atoms with van der Waals surface area (Å²) in [6.07, 6.45) is 0.407. The molecule has 0 fully saturated rings. The van der Waals surface area contributed by atoms with Gasteiger partial charge < -0.3 is 14.8 Å². The largest absolute Gasteiger partial charge is 0.486 e. The summed E-state index contributed by atoms with van der Waals surface area (Å²) < 4.78 is 11.0. The highest BCUT2D eigenvalue weighted by Gasteiger charge is 2.12. The third-order valence-electron chi connectivity index (χ3n) is 3.25. The van der Waals surface area contributed by atoms with E-state index in [0.717, 1.165) is 4.90 Å². The van der Waals surface area contributed by atoms with Crippen LogP contribution < -0.4 is 14.8 Å². The number of nitrogens with one attached hydrogen (secondary N) is 1. The van der Waals surface area contributed by atoms with Crippen LogP contribution in [0.3, 0.4) is 0 Å². The van der Waals surface area contributed by atoms with Gasteiger partial charge in [-0.2, -0.15) is 0 Å². The molecule has 2 aromatic rings. The highest BCUT2D eigenvalue weighted by molar-refractivity contribution is 7.99. The number of fused-ring (bicyclic) bond motifs is 1. The highest BCUT2D eigenvalue weighted by atomic mass is 35.5. The van der Waals surface area contributed by atoms with Gasteiger partial charge in [-0.3, -0.25) is 4.79 Å². The molecule has 0 unspecified atom stereocenters. The molecular formula is C17H16ClNO3S. The molecule has 4 nitrogen and oxygen atoms in total. The Hall–Kier alpha value is -1.85. The van der Waals surface area contributed by atoms with Crippen molar-refractivity contribution in [3.63, 3.8) is 0 Å². The lowest BCUT2D eigenvalue weighted by Crippen LogP contribution is -2.16. The molecule has 0 saturated carbocycles. The number of ether oxygens (including phenoxy) is 2. The summed E-state index contributed by atoms with van der Waals surface area (Å²) in [6.45, 7) is 1.08. The van der Waals surface area contributed by atoms with Crippen LogP contribution in [0.25, 0.3) is 0 Å². The first-order valence-corrected chi connectivity index (χ1v) is 8.65. The number of carbonyl (C=O) groups excluding carboxylic acids is 1. The maximum atomic E-state index is 12.0. The molecule has 1 aliphatic heterocycles. The first-order chi connectivity index (χ1) is 11.2. The standard InChI is InChI=1S/C17H16ClNO3S/c18-13-3-1-2-4-16(13)23-10-7-17(20)19-12-5-6-14-15(11-12)22-9-8-21-14/h1-6,11H,7-10H2,(H,19,20). The zero-order chi connectivity index (χ0) is 16.1. The monoisotopic (exact) mass is 349 g/mol. The second kappa shape index (κ2) is 7.62. The average Bonchev–Trinajstić information content (AvgIpc) is 2.56. The lowest BCUT2D eigenvalue weighted by molar-refractivity contribution is -0.115. The van der Waals surface area contributed by atoms with Crippen LogP contribution in [0, 0.1) is 0 Å². The van der Waals surface area contributed by atoms with Gasteiger partial charge in [-0.25, -0.2) is 0 Å². The van der Waals surface area contributed by atoms with Gasteiger partial charge in [0.15, 0.2) is 11.5 Å². The zero-order valence-electron chi connectivity index (χ0n) is 12.4. The summed E-state index contributed by atoms with van der Waals surface area (Å²) in [5.74, 6) is 2.00. The Balaban J connectivity index is 1.50. The van der Waals surface area contributed by atoms with E-state index in [1.807, 2.05) is 36.4 Å². The third kappa shape index (κ3) is 4.33. The summed E-state index contributed by atoms with van der Waals surface area (Å²) >= 11 is 7.66. The van der Waals surface area contributed by atoms with Gasteiger partial charge in [-0.05, 0) is 24.3 Å². The molecule has 23 heavy (non-hydrogen) atoms. The minimum absolute atomic E-state index is 0.0405. The number of carbonyl (C=O) groups is 1. The second-order valence-corrected chi connectivity index (χ2v) is 6.48. The lowest BCUT2D eigenvalue weighted by atomic mass is 10.2. The van der Waals surface area contributed by atoms with Crippen LogP contribution in [0.1, 0.15) is 6.42 Å². The molecule has 0 saturated heterocycles. The van der Waals surface area contributed by atoms with Crippen molar-refractivity contribution in [3.05, 3.63) is 47.5 Å². The fourth-order valence-corrected chi connectivity index (χ4v) is 3.35. The zero-order valence-corrected chi connectivity index (χ0v) is 14.0. The predicted molar refractivity (Wildman–Crippen MR) is 92.9 cm³/mol. The Kier molecular flexibility index (Phi) is 5.31. The summed E-state index contributed by atoms with van der Waals surface area (Å²) in [6, 6.07) is 13.0. The van der Waals surface area contributed by atoms with Crippen molar-refractivity contribution in [2.45, 2.75) is 11.3 Å². The van der Waals surface area contributed by atoms with Crippen LogP contribution in [0.2, 0.25) is 5.02 Å². The molecule has 6 heteroatoms. The quantitative estimate of drug-likeness (QED) is 0.820. The maximum Gasteiger partial charge on any atom is 0.225 e. The first-order valence-electron chi connectivity index (χ1n) is 7.29. The molecule has 3 rings (SSSR count). The molecule has 1 N–H and O–H groups in total.